The number of hydrogen-bond acceptors (Lipinski definition) is 4. The normalized spacial score (nSPS) is 12.7. The molecule has 1 aromatic rings. The van der Waals surface area contributed by atoms with Crippen molar-refractivity contribution in [2.45, 2.75) is 6.61 Å². The van der Waals surface area contributed by atoms with Crippen LogP contribution in [0.5, 0.6) is 0 Å². The SMILES string of the molecule is CS(=O)(=O)/N=C(\[O-])COCc1c(I)cc(I)cc1I. The van der Waals surface area contributed by atoms with Gasteiger partial charge in [0.25, 0.3) is 0 Å². The van der Waals surface area contributed by atoms with E-state index in [1.165, 1.54) is 0 Å². The van der Waals surface area contributed by atoms with Crippen molar-refractivity contribution >= 4 is 83.7 Å². The van der Waals surface area contributed by atoms with Crippen LogP contribution >= 0.6 is 67.8 Å². The highest BCUT2D eigenvalue weighted by molar-refractivity contribution is 14.1. The van der Waals surface area contributed by atoms with Crippen LogP contribution in [0.15, 0.2) is 16.5 Å². The van der Waals surface area contributed by atoms with Crippen LogP contribution in [0.4, 0.5) is 0 Å². The van der Waals surface area contributed by atoms with Gasteiger partial charge in [0.2, 0.25) is 10.0 Å². The average Bonchev–Trinajstić information content (AvgIpc) is 2.19. The minimum atomic E-state index is -3.65. The summed E-state index contributed by atoms with van der Waals surface area (Å²) in [6.07, 6.45) is 0.871. The molecule has 1 aromatic carbocycles. The predicted octanol–water partition coefficient (Wildman–Crippen LogP) is 1.74. The van der Waals surface area contributed by atoms with Crippen molar-refractivity contribution in [3.8, 4) is 0 Å². The molecule has 0 fully saturated rings. The first kappa shape index (κ1) is 17.8. The lowest BCUT2D eigenvalue weighted by atomic mass is 10.2. The Morgan fingerprint density at radius 1 is 1.32 bits per heavy atom. The number of halogens is 3. The van der Waals surface area contributed by atoms with Gasteiger partial charge in [-0.05, 0) is 79.9 Å². The highest BCUT2D eigenvalue weighted by Gasteiger charge is 2.07. The number of ether oxygens (including phenoxy) is 1. The van der Waals surface area contributed by atoms with E-state index in [0.29, 0.717) is 0 Å². The molecule has 0 aliphatic carbocycles. The van der Waals surface area contributed by atoms with E-state index in [-0.39, 0.29) is 13.2 Å². The Kier molecular flexibility index (Phi) is 7.23. The Morgan fingerprint density at radius 3 is 2.32 bits per heavy atom. The largest absolute Gasteiger partial charge is 0.860 e. The molecule has 0 amide bonds. The van der Waals surface area contributed by atoms with Crippen LogP contribution in [0.3, 0.4) is 0 Å². The van der Waals surface area contributed by atoms with Gasteiger partial charge in [-0.25, -0.2) is 8.42 Å². The van der Waals surface area contributed by atoms with Crippen LogP contribution in [0.25, 0.3) is 0 Å². The summed E-state index contributed by atoms with van der Waals surface area (Å²) in [6, 6.07) is 4.01. The Balaban J connectivity index is 2.67. The van der Waals surface area contributed by atoms with Crippen molar-refractivity contribution in [3.63, 3.8) is 0 Å². The second-order valence-corrected chi connectivity index (χ2v) is 8.78. The van der Waals surface area contributed by atoms with Gasteiger partial charge in [-0.2, -0.15) is 4.40 Å². The maximum atomic E-state index is 11.2. The van der Waals surface area contributed by atoms with Gasteiger partial charge in [0.15, 0.2) is 0 Å². The first-order chi connectivity index (χ1) is 8.69. The second kappa shape index (κ2) is 7.70. The number of hydrogen-bond donors (Lipinski definition) is 0. The zero-order chi connectivity index (χ0) is 14.6. The Hall–Kier alpha value is 0.790. The number of sulfonamides is 1. The number of nitrogens with zero attached hydrogens (tertiary/aromatic N) is 1. The summed E-state index contributed by atoms with van der Waals surface area (Å²) >= 11 is 6.62. The van der Waals surface area contributed by atoms with Crippen molar-refractivity contribution in [2.24, 2.45) is 4.40 Å². The van der Waals surface area contributed by atoms with Crippen LogP contribution in [0.2, 0.25) is 0 Å². The molecule has 0 spiro atoms. The van der Waals surface area contributed by atoms with Crippen LogP contribution < -0.4 is 5.11 Å². The van der Waals surface area contributed by atoms with Crippen LogP contribution in [-0.2, 0) is 21.4 Å². The maximum Gasteiger partial charge on any atom is 0.249 e. The van der Waals surface area contributed by atoms with Gasteiger partial charge < -0.3 is 9.84 Å². The third-order valence-corrected chi connectivity index (χ3v) is 4.93. The molecule has 0 unspecified atom stereocenters. The smallest absolute Gasteiger partial charge is 0.249 e. The summed E-state index contributed by atoms with van der Waals surface area (Å²) in [6.45, 7) is -0.0935. The summed E-state index contributed by atoms with van der Waals surface area (Å²) in [4.78, 5) is 0. The molecule has 0 aliphatic rings. The number of rotatable bonds is 5. The fourth-order valence-corrected chi connectivity index (χ4v) is 5.48. The van der Waals surface area contributed by atoms with Gasteiger partial charge in [-0.3, -0.25) is 0 Å². The average molecular weight is 620 g/mol. The summed E-state index contributed by atoms with van der Waals surface area (Å²) in [7, 11) is -3.65. The zero-order valence-corrected chi connectivity index (χ0v) is 17.0. The van der Waals surface area contributed by atoms with E-state index in [4.69, 9.17) is 4.74 Å². The van der Waals surface area contributed by atoms with Crippen LogP contribution in [0.1, 0.15) is 5.56 Å². The molecule has 0 saturated heterocycles. The summed E-state index contributed by atoms with van der Waals surface area (Å²) in [5.41, 5.74) is 0.980. The van der Waals surface area contributed by atoms with Crippen molar-refractivity contribution in [3.05, 3.63) is 28.4 Å². The Labute approximate surface area is 152 Å². The maximum absolute atomic E-state index is 11.2. The topological polar surface area (TPSA) is 78.8 Å². The van der Waals surface area contributed by atoms with Crippen molar-refractivity contribution in [1.29, 1.82) is 0 Å². The quantitative estimate of drug-likeness (QED) is 0.286. The highest BCUT2D eigenvalue weighted by Crippen LogP contribution is 2.23. The Bertz CT molecular complexity index is 578. The lowest BCUT2D eigenvalue weighted by Crippen LogP contribution is -2.25. The van der Waals surface area contributed by atoms with Gasteiger partial charge in [-0.15, -0.1) is 0 Å². The number of benzene rings is 1. The van der Waals surface area contributed by atoms with Gasteiger partial charge in [-0.1, -0.05) is 0 Å². The molecule has 0 atom stereocenters. The monoisotopic (exact) mass is 620 g/mol. The van der Waals surface area contributed by atoms with E-state index in [1.54, 1.807) is 0 Å². The minimum Gasteiger partial charge on any atom is -0.860 e. The second-order valence-electron chi connectivity index (χ2n) is 3.56. The molecule has 0 N–H and O–H groups in total. The molecule has 9 heteroatoms. The molecule has 106 valence electrons. The third kappa shape index (κ3) is 6.86. The highest BCUT2D eigenvalue weighted by atomic mass is 127. The van der Waals surface area contributed by atoms with E-state index in [9.17, 15) is 13.5 Å². The lowest BCUT2D eigenvalue weighted by Gasteiger charge is -2.12. The van der Waals surface area contributed by atoms with E-state index >= 15 is 0 Å². The lowest BCUT2D eigenvalue weighted by molar-refractivity contribution is -0.222. The van der Waals surface area contributed by atoms with Gasteiger partial charge >= 0.3 is 0 Å². The van der Waals surface area contributed by atoms with Gasteiger partial charge in [0, 0.05) is 22.2 Å². The molecule has 0 bridgehead atoms. The van der Waals surface area contributed by atoms with Crippen LogP contribution in [-0.4, -0.2) is 27.2 Å². The van der Waals surface area contributed by atoms with E-state index in [1.807, 2.05) is 12.1 Å². The molecule has 0 aromatic heterocycles. The Morgan fingerprint density at radius 2 is 1.84 bits per heavy atom. The molecule has 5 nitrogen and oxygen atoms in total. The molecular formula is C10H9I3NO4S-. The molecule has 0 aliphatic heterocycles. The van der Waals surface area contributed by atoms with Crippen molar-refractivity contribution < 1.29 is 18.3 Å². The van der Waals surface area contributed by atoms with Crippen molar-refractivity contribution in [1.82, 2.24) is 0 Å². The minimum absolute atomic E-state index is 0.249. The summed E-state index contributed by atoms with van der Waals surface area (Å²) < 4.78 is 33.0. The zero-order valence-electron chi connectivity index (χ0n) is 9.69. The van der Waals surface area contributed by atoms with Crippen molar-refractivity contribution in [2.75, 3.05) is 12.9 Å². The van der Waals surface area contributed by atoms with E-state index in [2.05, 4.69) is 72.2 Å². The molecule has 0 heterocycles. The molecule has 0 radical (unpaired) electrons. The first-order valence-electron chi connectivity index (χ1n) is 4.86. The fourth-order valence-electron chi connectivity index (χ4n) is 1.16. The van der Waals surface area contributed by atoms with Crippen LogP contribution in [0, 0.1) is 10.7 Å². The summed E-state index contributed by atoms with van der Waals surface area (Å²) in [5.74, 6) is -0.793. The predicted molar refractivity (Wildman–Crippen MR) is 96.5 cm³/mol. The third-order valence-electron chi connectivity index (χ3n) is 1.85. The van der Waals surface area contributed by atoms with Gasteiger partial charge in [0.1, 0.15) is 0 Å². The summed E-state index contributed by atoms with van der Waals surface area (Å²) in [5, 5.41) is 11.2. The first-order valence-corrected chi connectivity index (χ1v) is 9.94. The fraction of sp³-hybridized carbons (Fsp3) is 0.300. The molecule has 19 heavy (non-hydrogen) atoms. The van der Waals surface area contributed by atoms with E-state index in [0.717, 1.165) is 22.5 Å². The molecule has 0 saturated carbocycles. The molecule has 1 rings (SSSR count). The molecular weight excluding hydrogens is 611 g/mol. The van der Waals surface area contributed by atoms with E-state index < -0.39 is 15.9 Å². The standard InChI is InChI=1S/C10H10I3NO4S/c1-19(16,17)14-10(15)5-18-4-7-8(12)2-6(11)3-9(7)13/h2-3H,4-5H2,1H3,(H,14,15)/p-1. The van der Waals surface area contributed by atoms with Gasteiger partial charge in [0.05, 0.1) is 19.5 Å².